The van der Waals surface area contributed by atoms with Gasteiger partial charge >= 0.3 is 0 Å². The number of hydrogen-bond donors (Lipinski definition) is 2. The van der Waals surface area contributed by atoms with E-state index in [2.05, 4.69) is 10.1 Å². The van der Waals surface area contributed by atoms with Crippen molar-refractivity contribution in [1.29, 1.82) is 0 Å². The average molecular weight is 279 g/mol. The molecule has 0 saturated carbocycles. The van der Waals surface area contributed by atoms with Crippen molar-refractivity contribution in [2.24, 2.45) is 10.9 Å². The first-order valence-corrected chi connectivity index (χ1v) is 5.61. The molecule has 0 unspecified atom stereocenters. The summed E-state index contributed by atoms with van der Waals surface area (Å²) in [5.41, 5.74) is 6.16. The van der Waals surface area contributed by atoms with Crippen molar-refractivity contribution in [1.82, 2.24) is 4.98 Å². The van der Waals surface area contributed by atoms with Gasteiger partial charge in [0, 0.05) is 17.8 Å². The van der Waals surface area contributed by atoms with Crippen LogP contribution in [0.25, 0.3) is 0 Å². The number of aromatic nitrogens is 1. The second-order valence-electron chi connectivity index (χ2n) is 3.86. The largest absolute Gasteiger partial charge is 0.486 e. The van der Waals surface area contributed by atoms with Crippen LogP contribution >= 0.6 is 0 Å². The number of nitrogens with zero attached hydrogens (tertiary/aromatic N) is 2. The highest BCUT2D eigenvalue weighted by Gasteiger charge is 2.10. The Labute approximate surface area is 113 Å². The Bertz CT molecular complexity index is 647. The maximum atomic E-state index is 13.4. The van der Waals surface area contributed by atoms with Crippen molar-refractivity contribution < 1.29 is 18.7 Å². The number of halogens is 2. The third-order valence-electron chi connectivity index (χ3n) is 2.52. The van der Waals surface area contributed by atoms with Crippen molar-refractivity contribution >= 4 is 5.84 Å². The minimum Gasteiger partial charge on any atom is -0.486 e. The van der Waals surface area contributed by atoms with Crippen molar-refractivity contribution in [3.05, 3.63) is 59.4 Å². The molecular weight excluding hydrogens is 268 g/mol. The fourth-order valence-corrected chi connectivity index (χ4v) is 1.58. The van der Waals surface area contributed by atoms with Crippen LogP contribution in [0, 0.1) is 11.6 Å². The zero-order valence-electron chi connectivity index (χ0n) is 10.3. The molecule has 0 atom stereocenters. The summed E-state index contributed by atoms with van der Waals surface area (Å²) >= 11 is 0. The van der Waals surface area contributed by atoms with Gasteiger partial charge in [0.2, 0.25) is 0 Å². The lowest BCUT2D eigenvalue weighted by atomic mass is 10.2. The summed E-state index contributed by atoms with van der Waals surface area (Å²) in [5.74, 6) is -1.70. The maximum Gasteiger partial charge on any atom is 0.189 e. The summed E-state index contributed by atoms with van der Waals surface area (Å²) in [7, 11) is 0. The van der Waals surface area contributed by atoms with Crippen LogP contribution in [-0.2, 0) is 6.61 Å². The van der Waals surface area contributed by atoms with Crippen molar-refractivity contribution in [2.45, 2.75) is 6.61 Å². The van der Waals surface area contributed by atoms with Gasteiger partial charge in [0.1, 0.15) is 18.1 Å². The lowest BCUT2D eigenvalue weighted by molar-refractivity contribution is 0.287. The molecule has 0 radical (unpaired) electrons. The fourth-order valence-electron chi connectivity index (χ4n) is 1.58. The van der Waals surface area contributed by atoms with Crippen molar-refractivity contribution in [2.75, 3.05) is 0 Å². The van der Waals surface area contributed by atoms with Gasteiger partial charge in [0.15, 0.2) is 17.4 Å². The van der Waals surface area contributed by atoms with Crippen LogP contribution in [0.3, 0.4) is 0 Å². The molecule has 0 spiro atoms. The van der Waals surface area contributed by atoms with Crippen molar-refractivity contribution in [3.63, 3.8) is 0 Å². The van der Waals surface area contributed by atoms with Crippen LogP contribution in [0.2, 0.25) is 0 Å². The summed E-state index contributed by atoms with van der Waals surface area (Å²) < 4.78 is 31.6. The van der Waals surface area contributed by atoms with Gasteiger partial charge in [-0.2, -0.15) is 0 Å². The molecule has 1 heterocycles. The van der Waals surface area contributed by atoms with Gasteiger partial charge in [-0.15, -0.1) is 0 Å². The molecule has 0 saturated heterocycles. The number of oxime groups is 1. The summed E-state index contributed by atoms with van der Waals surface area (Å²) in [5, 5.41) is 11.5. The smallest absolute Gasteiger partial charge is 0.189 e. The summed E-state index contributed by atoms with van der Waals surface area (Å²) in [6, 6.07) is 6.15. The molecule has 0 amide bonds. The molecule has 0 bridgehead atoms. The summed E-state index contributed by atoms with van der Waals surface area (Å²) in [4.78, 5) is 3.94. The van der Waals surface area contributed by atoms with Crippen LogP contribution in [0.5, 0.6) is 5.75 Å². The molecule has 0 aliphatic carbocycles. The second kappa shape index (κ2) is 5.96. The molecule has 2 rings (SSSR count). The van der Waals surface area contributed by atoms with Crippen LogP contribution < -0.4 is 10.5 Å². The zero-order chi connectivity index (χ0) is 14.5. The number of rotatable bonds is 4. The van der Waals surface area contributed by atoms with Crippen LogP contribution in [0.1, 0.15) is 11.3 Å². The Morgan fingerprint density at radius 1 is 1.35 bits per heavy atom. The quantitative estimate of drug-likeness (QED) is 0.388. The zero-order valence-corrected chi connectivity index (χ0v) is 10.3. The molecule has 104 valence electrons. The van der Waals surface area contributed by atoms with Gasteiger partial charge in [0.25, 0.3) is 0 Å². The van der Waals surface area contributed by atoms with Crippen LogP contribution in [0.15, 0.2) is 41.7 Å². The van der Waals surface area contributed by atoms with Gasteiger partial charge in [-0.05, 0) is 18.2 Å². The normalized spacial score (nSPS) is 11.4. The third kappa shape index (κ3) is 3.00. The first kappa shape index (κ1) is 13.7. The summed E-state index contributed by atoms with van der Waals surface area (Å²) in [6.45, 7) is -0.0975. The minimum atomic E-state index is -0.680. The lowest BCUT2D eigenvalue weighted by Crippen LogP contribution is -2.18. The molecule has 0 aliphatic heterocycles. The number of pyridine rings is 1. The number of nitrogens with two attached hydrogens (primary N) is 1. The van der Waals surface area contributed by atoms with Gasteiger partial charge in [0.05, 0.1) is 0 Å². The Kier molecular flexibility index (Phi) is 4.09. The van der Waals surface area contributed by atoms with E-state index in [4.69, 9.17) is 15.7 Å². The number of hydrogen-bond acceptors (Lipinski definition) is 4. The Balaban J connectivity index is 2.21. The van der Waals surface area contributed by atoms with E-state index in [0.29, 0.717) is 5.56 Å². The Morgan fingerprint density at radius 3 is 2.90 bits per heavy atom. The molecular formula is C13H11F2N3O2. The molecule has 0 aliphatic rings. The molecule has 1 aromatic heterocycles. The predicted molar refractivity (Wildman–Crippen MR) is 67.4 cm³/mol. The second-order valence-corrected chi connectivity index (χ2v) is 3.86. The highest BCUT2D eigenvalue weighted by molar-refractivity contribution is 5.96. The van der Waals surface area contributed by atoms with E-state index < -0.39 is 11.6 Å². The van der Waals surface area contributed by atoms with E-state index in [9.17, 15) is 8.78 Å². The standard InChI is InChI=1S/C13H11F2N3O2/c14-9-3-4-10(15)11(6-9)20-7-8-2-1-5-17-12(8)13(16)18-19/h1-6,19H,7H2,(H2,16,18). The van der Waals surface area contributed by atoms with E-state index >= 15 is 0 Å². The van der Waals surface area contributed by atoms with Gasteiger partial charge < -0.3 is 15.7 Å². The van der Waals surface area contributed by atoms with Gasteiger partial charge in [-0.3, -0.25) is 4.98 Å². The molecule has 0 fully saturated rings. The third-order valence-corrected chi connectivity index (χ3v) is 2.52. The molecule has 3 N–H and O–H groups in total. The first-order chi connectivity index (χ1) is 9.61. The van der Waals surface area contributed by atoms with E-state index in [-0.39, 0.29) is 23.9 Å². The number of amidine groups is 1. The van der Waals surface area contributed by atoms with Crippen molar-refractivity contribution in [3.8, 4) is 5.75 Å². The molecule has 2 aromatic rings. The van der Waals surface area contributed by atoms with E-state index in [1.54, 1.807) is 12.1 Å². The highest BCUT2D eigenvalue weighted by Crippen LogP contribution is 2.19. The van der Waals surface area contributed by atoms with E-state index in [1.807, 2.05) is 0 Å². The van der Waals surface area contributed by atoms with E-state index in [0.717, 1.165) is 18.2 Å². The summed E-state index contributed by atoms with van der Waals surface area (Å²) in [6.07, 6.45) is 1.46. The highest BCUT2D eigenvalue weighted by atomic mass is 19.1. The number of ether oxygens (including phenoxy) is 1. The molecule has 1 aromatic carbocycles. The van der Waals surface area contributed by atoms with Gasteiger partial charge in [-0.1, -0.05) is 11.2 Å². The lowest BCUT2D eigenvalue weighted by Gasteiger charge is -2.10. The molecule has 20 heavy (non-hydrogen) atoms. The van der Waals surface area contributed by atoms with Crippen LogP contribution in [0.4, 0.5) is 8.78 Å². The average Bonchev–Trinajstić information content (AvgIpc) is 2.47. The molecule has 5 nitrogen and oxygen atoms in total. The van der Waals surface area contributed by atoms with Crippen LogP contribution in [-0.4, -0.2) is 16.0 Å². The minimum absolute atomic E-state index is 0.0975. The predicted octanol–water partition coefficient (Wildman–Crippen LogP) is 2.03. The molecule has 7 heteroatoms. The van der Waals surface area contributed by atoms with E-state index in [1.165, 1.54) is 6.20 Å². The maximum absolute atomic E-state index is 13.4. The monoisotopic (exact) mass is 279 g/mol. The number of benzene rings is 1. The Hall–Kier alpha value is -2.70. The van der Waals surface area contributed by atoms with Gasteiger partial charge in [-0.25, -0.2) is 8.78 Å². The fraction of sp³-hybridized carbons (Fsp3) is 0.0769. The first-order valence-electron chi connectivity index (χ1n) is 5.61. The Morgan fingerprint density at radius 2 is 2.15 bits per heavy atom. The SMILES string of the molecule is NC(=NO)c1ncccc1COc1cc(F)ccc1F. The topological polar surface area (TPSA) is 80.7 Å².